The minimum absolute atomic E-state index is 0.337. The lowest BCUT2D eigenvalue weighted by atomic mass is 10.1. The molecule has 0 spiro atoms. The van der Waals surface area contributed by atoms with Gasteiger partial charge in [-0.15, -0.1) is 0 Å². The lowest BCUT2D eigenvalue weighted by Crippen LogP contribution is -2.36. The summed E-state index contributed by atoms with van der Waals surface area (Å²) in [5.74, 6) is 5.71. The molecule has 0 aliphatic carbocycles. The third kappa shape index (κ3) is 6.88. The number of hydrogen-bond donors (Lipinski definition) is 4. The molecule has 1 fully saturated rings. The molecule has 0 unspecified atom stereocenters. The Bertz CT molecular complexity index is 1480. The van der Waals surface area contributed by atoms with Crippen LogP contribution in [-0.4, -0.2) is 58.2 Å². The summed E-state index contributed by atoms with van der Waals surface area (Å²) in [5, 5.41) is 8.99. The summed E-state index contributed by atoms with van der Waals surface area (Å²) in [6.07, 6.45) is 3.01. The molecule has 5 rings (SSSR count). The van der Waals surface area contributed by atoms with Crippen LogP contribution in [0.15, 0.2) is 55.0 Å². The van der Waals surface area contributed by atoms with Crippen molar-refractivity contribution in [3.63, 3.8) is 0 Å². The minimum atomic E-state index is -0.440. The molecule has 1 saturated heterocycles. The van der Waals surface area contributed by atoms with Crippen LogP contribution in [0.1, 0.15) is 20.8 Å². The third-order valence-corrected chi connectivity index (χ3v) is 5.67. The van der Waals surface area contributed by atoms with E-state index in [1.165, 1.54) is 6.20 Å². The second-order valence-electron chi connectivity index (χ2n) is 8.16. The Kier molecular flexibility index (Phi) is 9.05. The number of carbonyl (C=O) groups is 2. The van der Waals surface area contributed by atoms with Crippen molar-refractivity contribution in [2.75, 3.05) is 47.2 Å². The molecule has 11 heteroatoms. The largest absolute Gasteiger partial charge is 0.378 e. The van der Waals surface area contributed by atoms with E-state index in [4.69, 9.17) is 4.74 Å². The fraction of sp³-hybridized carbons (Fsp3) is 0.250. The lowest BCUT2D eigenvalue weighted by molar-refractivity contribution is -0.111. The molecular formula is C28H30N8O3. The van der Waals surface area contributed by atoms with E-state index in [1.807, 2.05) is 44.2 Å². The van der Waals surface area contributed by atoms with Gasteiger partial charge in [-0.05, 0) is 48.7 Å². The summed E-state index contributed by atoms with van der Waals surface area (Å²) < 4.78 is 5.46. The Balaban J connectivity index is 0.00000172. The summed E-state index contributed by atoms with van der Waals surface area (Å²) in [5.41, 5.74) is 3.72. The number of ether oxygens (including phenoxy) is 1. The smallest absolute Gasteiger partial charge is 0.324 e. The number of nitrogens with one attached hydrogen (secondary N) is 4. The maximum atomic E-state index is 12.4. The first-order valence-corrected chi connectivity index (χ1v) is 12.6. The number of aromatic amines is 1. The van der Waals surface area contributed by atoms with Gasteiger partial charge in [-0.1, -0.05) is 31.9 Å². The third-order valence-electron chi connectivity index (χ3n) is 5.67. The molecule has 0 radical (unpaired) electrons. The lowest BCUT2D eigenvalue weighted by Gasteiger charge is -2.27. The maximum absolute atomic E-state index is 12.4. The average Bonchev–Trinajstić information content (AvgIpc) is 3.41. The summed E-state index contributed by atoms with van der Waals surface area (Å²) in [7, 11) is 0. The van der Waals surface area contributed by atoms with Crippen LogP contribution in [0.25, 0.3) is 22.3 Å². The van der Waals surface area contributed by atoms with Crippen LogP contribution in [-0.2, 0) is 9.53 Å². The standard InChI is InChI=1S/C26H24N8O3.C2H6/c1-2-3-23(35)30-19-8-9-22(27-15-19)33-26(36)31-18-6-4-17(5-7-18)21-14-20-24(32-21)28-16-29-25(20)34-10-12-37-13-11-34;1-2/h4-9,14-16H,10-13H2,1H3,(H,30,35)(H,28,29,32)(H2,27,31,33,36);1-2H3. The van der Waals surface area contributed by atoms with Crippen LogP contribution in [0.2, 0.25) is 0 Å². The molecule has 0 bridgehead atoms. The number of carbonyl (C=O) groups excluding carboxylic acids is 2. The molecule has 11 nitrogen and oxygen atoms in total. The second kappa shape index (κ2) is 13.0. The zero-order valence-electron chi connectivity index (χ0n) is 22.0. The molecule has 200 valence electrons. The summed E-state index contributed by atoms with van der Waals surface area (Å²) in [6, 6.07) is 12.3. The summed E-state index contributed by atoms with van der Waals surface area (Å²) in [4.78, 5) is 42.5. The van der Waals surface area contributed by atoms with Crippen molar-refractivity contribution in [1.82, 2.24) is 19.9 Å². The normalized spacial score (nSPS) is 12.4. The number of amides is 3. The first-order valence-electron chi connectivity index (χ1n) is 12.6. The van der Waals surface area contributed by atoms with Crippen LogP contribution in [0, 0.1) is 11.8 Å². The van der Waals surface area contributed by atoms with Gasteiger partial charge in [0.05, 0.1) is 30.5 Å². The van der Waals surface area contributed by atoms with Crippen molar-refractivity contribution in [3.8, 4) is 23.1 Å². The highest BCUT2D eigenvalue weighted by Crippen LogP contribution is 2.29. The number of hydrogen-bond acceptors (Lipinski definition) is 7. The molecule has 4 aromatic rings. The predicted molar refractivity (Wildman–Crippen MR) is 153 cm³/mol. The molecule has 0 saturated carbocycles. The number of morpholine rings is 1. The van der Waals surface area contributed by atoms with Crippen molar-refractivity contribution >= 4 is 46.0 Å². The van der Waals surface area contributed by atoms with Crippen molar-refractivity contribution in [2.45, 2.75) is 20.8 Å². The quantitative estimate of drug-likeness (QED) is 0.281. The number of urea groups is 1. The number of rotatable bonds is 5. The number of anilines is 4. The number of aromatic nitrogens is 4. The first-order chi connectivity index (χ1) is 19.1. The van der Waals surface area contributed by atoms with Gasteiger partial charge in [-0.2, -0.15) is 0 Å². The highest BCUT2D eigenvalue weighted by atomic mass is 16.5. The topological polar surface area (TPSA) is 137 Å². The highest BCUT2D eigenvalue weighted by Gasteiger charge is 2.17. The molecule has 0 atom stereocenters. The van der Waals surface area contributed by atoms with Gasteiger partial charge in [0.2, 0.25) is 0 Å². The van der Waals surface area contributed by atoms with Crippen LogP contribution >= 0.6 is 0 Å². The van der Waals surface area contributed by atoms with Gasteiger partial charge in [0, 0.05) is 24.5 Å². The molecule has 3 amide bonds. The number of benzene rings is 1. The molecular weight excluding hydrogens is 496 g/mol. The number of pyridine rings is 1. The van der Waals surface area contributed by atoms with Gasteiger partial charge < -0.3 is 25.3 Å². The van der Waals surface area contributed by atoms with E-state index < -0.39 is 11.9 Å². The van der Waals surface area contributed by atoms with Gasteiger partial charge in [-0.3, -0.25) is 10.1 Å². The van der Waals surface area contributed by atoms with Gasteiger partial charge in [0.1, 0.15) is 23.6 Å². The minimum Gasteiger partial charge on any atom is -0.378 e. The van der Waals surface area contributed by atoms with E-state index in [9.17, 15) is 9.59 Å². The average molecular weight is 527 g/mol. The maximum Gasteiger partial charge on any atom is 0.324 e. The van der Waals surface area contributed by atoms with Crippen molar-refractivity contribution in [1.29, 1.82) is 0 Å². The van der Waals surface area contributed by atoms with Crippen LogP contribution in [0.5, 0.6) is 0 Å². The Hall–Kier alpha value is -4.95. The van der Waals surface area contributed by atoms with Crippen molar-refractivity contribution in [3.05, 3.63) is 55.0 Å². The number of H-pyrrole nitrogens is 1. The fourth-order valence-corrected chi connectivity index (χ4v) is 3.94. The molecule has 3 aromatic heterocycles. The predicted octanol–water partition coefficient (Wildman–Crippen LogP) is 4.49. The van der Waals surface area contributed by atoms with Gasteiger partial charge in [0.15, 0.2) is 0 Å². The van der Waals surface area contributed by atoms with Crippen LogP contribution in [0.4, 0.5) is 27.8 Å². The molecule has 1 aromatic carbocycles. The first kappa shape index (κ1) is 27.1. The number of fused-ring (bicyclic) bond motifs is 1. The zero-order valence-corrected chi connectivity index (χ0v) is 22.0. The van der Waals surface area contributed by atoms with E-state index in [0.29, 0.717) is 30.4 Å². The fourth-order valence-electron chi connectivity index (χ4n) is 3.94. The Labute approximate surface area is 226 Å². The van der Waals surface area contributed by atoms with Gasteiger partial charge >= 0.3 is 6.03 Å². The molecule has 4 N–H and O–H groups in total. The van der Waals surface area contributed by atoms with Gasteiger partial charge in [0.25, 0.3) is 5.91 Å². The summed E-state index contributed by atoms with van der Waals surface area (Å²) >= 11 is 0. The van der Waals surface area contributed by atoms with Crippen molar-refractivity contribution < 1.29 is 14.3 Å². The molecule has 1 aliphatic heterocycles. The Morgan fingerprint density at radius 3 is 2.38 bits per heavy atom. The SMILES string of the molecule is CC.CC#CC(=O)Nc1ccc(NC(=O)Nc2ccc(-c3cc4c(N5CCOCC5)ncnc4[nH]3)cc2)nc1. The molecule has 39 heavy (non-hydrogen) atoms. The van der Waals surface area contributed by atoms with Crippen LogP contribution in [0.3, 0.4) is 0 Å². The Morgan fingerprint density at radius 1 is 0.949 bits per heavy atom. The monoisotopic (exact) mass is 526 g/mol. The highest BCUT2D eigenvalue weighted by molar-refractivity contribution is 6.04. The van der Waals surface area contributed by atoms with E-state index in [-0.39, 0.29) is 0 Å². The van der Waals surface area contributed by atoms with E-state index in [1.54, 1.807) is 25.4 Å². The van der Waals surface area contributed by atoms with E-state index in [0.717, 1.165) is 41.2 Å². The summed E-state index contributed by atoms with van der Waals surface area (Å²) in [6.45, 7) is 8.52. The van der Waals surface area contributed by atoms with Crippen molar-refractivity contribution in [2.24, 2.45) is 0 Å². The second-order valence-corrected chi connectivity index (χ2v) is 8.16. The zero-order chi connectivity index (χ0) is 27.6. The van der Waals surface area contributed by atoms with E-state index >= 15 is 0 Å². The Morgan fingerprint density at radius 2 is 1.69 bits per heavy atom. The molecule has 4 heterocycles. The van der Waals surface area contributed by atoms with Crippen LogP contribution < -0.4 is 20.9 Å². The number of nitrogens with zero attached hydrogens (tertiary/aromatic N) is 4. The molecule has 1 aliphatic rings. The van der Waals surface area contributed by atoms with Gasteiger partial charge in [-0.25, -0.2) is 19.7 Å². The van der Waals surface area contributed by atoms with E-state index in [2.05, 4.69) is 52.6 Å².